The van der Waals surface area contributed by atoms with Crippen LogP contribution < -0.4 is 11.1 Å². The van der Waals surface area contributed by atoms with Crippen LogP contribution in [0.25, 0.3) is 0 Å². The maximum absolute atomic E-state index is 11.7. The molecule has 1 aliphatic rings. The van der Waals surface area contributed by atoms with E-state index in [-0.39, 0.29) is 11.3 Å². The van der Waals surface area contributed by atoms with E-state index in [2.05, 4.69) is 33.4 Å². The highest BCUT2D eigenvalue weighted by molar-refractivity contribution is 9.10. The van der Waals surface area contributed by atoms with E-state index in [1.165, 1.54) is 5.56 Å². The molecule has 1 amide bonds. The Morgan fingerprint density at radius 1 is 1.30 bits per heavy atom. The van der Waals surface area contributed by atoms with E-state index in [1.807, 2.05) is 12.1 Å². The zero-order valence-corrected chi connectivity index (χ0v) is 13.1. The van der Waals surface area contributed by atoms with E-state index in [9.17, 15) is 4.79 Å². The molecular weight excluding hydrogens is 320 g/mol. The Kier molecular flexibility index (Phi) is 5.57. The van der Waals surface area contributed by atoms with Gasteiger partial charge in [-0.15, -0.1) is 0 Å². The van der Waals surface area contributed by atoms with E-state index in [1.54, 1.807) is 0 Å². The van der Waals surface area contributed by atoms with Crippen molar-refractivity contribution in [1.29, 1.82) is 0 Å². The van der Waals surface area contributed by atoms with Crippen LogP contribution in [0.2, 0.25) is 0 Å². The van der Waals surface area contributed by atoms with Gasteiger partial charge in [-0.1, -0.05) is 28.1 Å². The Bertz CT molecular complexity index is 442. The number of halogens is 1. The minimum Gasteiger partial charge on any atom is -0.381 e. The predicted octanol–water partition coefficient (Wildman–Crippen LogP) is 1.96. The minimum absolute atomic E-state index is 0.0236. The molecule has 2 rings (SSSR count). The van der Waals surface area contributed by atoms with Crippen molar-refractivity contribution < 1.29 is 9.53 Å². The summed E-state index contributed by atoms with van der Waals surface area (Å²) < 4.78 is 6.55. The number of nitrogens with one attached hydrogen (secondary N) is 1. The van der Waals surface area contributed by atoms with Gasteiger partial charge in [0.05, 0.1) is 0 Å². The van der Waals surface area contributed by atoms with Crippen LogP contribution in [0.15, 0.2) is 28.7 Å². The largest absolute Gasteiger partial charge is 0.381 e. The number of benzene rings is 1. The summed E-state index contributed by atoms with van der Waals surface area (Å²) in [7, 11) is 0. The molecule has 1 heterocycles. The Morgan fingerprint density at radius 2 is 1.95 bits per heavy atom. The van der Waals surface area contributed by atoms with E-state index >= 15 is 0 Å². The molecule has 0 unspecified atom stereocenters. The van der Waals surface area contributed by atoms with E-state index in [0.29, 0.717) is 19.5 Å². The maximum Gasteiger partial charge on any atom is 0.221 e. The van der Waals surface area contributed by atoms with Crippen molar-refractivity contribution in [2.75, 3.05) is 26.3 Å². The summed E-state index contributed by atoms with van der Waals surface area (Å²) in [5.41, 5.74) is 6.65. The number of hydrogen-bond donors (Lipinski definition) is 2. The number of hydrogen-bond acceptors (Lipinski definition) is 3. The van der Waals surface area contributed by atoms with Crippen LogP contribution in [0.1, 0.15) is 24.8 Å². The summed E-state index contributed by atoms with van der Waals surface area (Å²) >= 11 is 3.46. The third-order valence-electron chi connectivity index (χ3n) is 3.90. The van der Waals surface area contributed by atoms with Crippen LogP contribution in [0.5, 0.6) is 0 Å². The highest BCUT2D eigenvalue weighted by atomic mass is 79.9. The average Bonchev–Trinajstić information content (AvgIpc) is 2.47. The lowest BCUT2D eigenvalue weighted by molar-refractivity contribution is -0.121. The number of carbonyl (C=O) groups is 1. The third-order valence-corrected chi connectivity index (χ3v) is 4.43. The molecule has 0 aliphatic carbocycles. The molecule has 0 saturated carbocycles. The molecule has 0 atom stereocenters. The molecule has 1 aliphatic heterocycles. The van der Waals surface area contributed by atoms with Gasteiger partial charge in [0.15, 0.2) is 0 Å². The number of ether oxygens (including phenoxy) is 1. The summed E-state index contributed by atoms with van der Waals surface area (Å²) in [4.78, 5) is 11.7. The van der Waals surface area contributed by atoms with Crippen molar-refractivity contribution in [1.82, 2.24) is 5.32 Å². The van der Waals surface area contributed by atoms with Gasteiger partial charge in [0.2, 0.25) is 5.91 Å². The fourth-order valence-electron chi connectivity index (χ4n) is 2.62. The third kappa shape index (κ3) is 3.81. The highest BCUT2D eigenvalue weighted by Crippen LogP contribution is 2.34. The lowest BCUT2D eigenvalue weighted by Gasteiger charge is -2.38. The zero-order chi connectivity index (χ0) is 14.4. The molecule has 20 heavy (non-hydrogen) atoms. The molecule has 4 nitrogen and oxygen atoms in total. The van der Waals surface area contributed by atoms with Crippen molar-refractivity contribution in [3.8, 4) is 0 Å². The first-order chi connectivity index (χ1) is 9.66. The van der Waals surface area contributed by atoms with Crippen molar-refractivity contribution >= 4 is 21.8 Å². The standard InChI is InChI=1S/C15H21BrN2O2/c16-13-3-1-12(2-4-13)15(6-9-20-10-7-15)11-18-14(19)5-8-17/h1-4H,5-11,17H2,(H,18,19). The van der Waals surface area contributed by atoms with Crippen LogP contribution in [0.4, 0.5) is 0 Å². The first kappa shape index (κ1) is 15.5. The number of rotatable bonds is 5. The molecule has 110 valence electrons. The Morgan fingerprint density at radius 3 is 2.55 bits per heavy atom. The molecule has 1 aromatic carbocycles. The summed E-state index contributed by atoms with van der Waals surface area (Å²) in [6.07, 6.45) is 2.24. The predicted molar refractivity (Wildman–Crippen MR) is 82.6 cm³/mol. The lowest BCUT2D eigenvalue weighted by atomic mass is 9.74. The fraction of sp³-hybridized carbons (Fsp3) is 0.533. The maximum atomic E-state index is 11.7. The monoisotopic (exact) mass is 340 g/mol. The topological polar surface area (TPSA) is 64.4 Å². The molecule has 5 heteroatoms. The van der Waals surface area contributed by atoms with Crippen LogP contribution in [0.3, 0.4) is 0 Å². The average molecular weight is 341 g/mol. The van der Waals surface area contributed by atoms with Gasteiger partial charge in [-0.3, -0.25) is 4.79 Å². The van der Waals surface area contributed by atoms with Gasteiger partial charge in [0.1, 0.15) is 0 Å². The van der Waals surface area contributed by atoms with Crippen molar-refractivity contribution in [2.24, 2.45) is 5.73 Å². The summed E-state index contributed by atoms with van der Waals surface area (Å²) in [5.74, 6) is 0.0236. The number of nitrogens with two attached hydrogens (primary N) is 1. The molecule has 1 saturated heterocycles. The second-order valence-corrected chi connectivity index (χ2v) is 6.13. The lowest BCUT2D eigenvalue weighted by Crippen LogP contribution is -2.44. The van der Waals surface area contributed by atoms with Gasteiger partial charge >= 0.3 is 0 Å². The fourth-order valence-corrected chi connectivity index (χ4v) is 2.88. The first-order valence-corrected chi connectivity index (χ1v) is 7.76. The Labute approximate surface area is 128 Å². The van der Waals surface area contributed by atoms with Crippen molar-refractivity contribution in [3.63, 3.8) is 0 Å². The van der Waals surface area contributed by atoms with Gasteiger partial charge in [0, 0.05) is 42.6 Å². The SMILES string of the molecule is NCCC(=O)NCC1(c2ccc(Br)cc2)CCOCC1. The van der Waals surface area contributed by atoms with Gasteiger partial charge < -0.3 is 15.8 Å². The molecular formula is C15H21BrN2O2. The van der Waals surface area contributed by atoms with Gasteiger partial charge in [0.25, 0.3) is 0 Å². The van der Waals surface area contributed by atoms with Gasteiger partial charge in [-0.05, 0) is 30.5 Å². The van der Waals surface area contributed by atoms with Crippen LogP contribution in [-0.4, -0.2) is 32.2 Å². The summed E-state index contributed by atoms with van der Waals surface area (Å²) in [6, 6.07) is 8.36. The Hall–Kier alpha value is -0.910. The van der Waals surface area contributed by atoms with E-state index in [0.717, 1.165) is 30.5 Å². The van der Waals surface area contributed by atoms with Crippen molar-refractivity contribution in [3.05, 3.63) is 34.3 Å². The number of amides is 1. The molecule has 1 aromatic rings. The van der Waals surface area contributed by atoms with Crippen LogP contribution >= 0.6 is 15.9 Å². The Balaban J connectivity index is 2.12. The molecule has 3 N–H and O–H groups in total. The first-order valence-electron chi connectivity index (χ1n) is 6.97. The molecule has 0 radical (unpaired) electrons. The smallest absolute Gasteiger partial charge is 0.221 e. The van der Waals surface area contributed by atoms with Crippen LogP contribution in [-0.2, 0) is 14.9 Å². The molecule has 0 bridgehead atoms. The van der Waals surface area contributed by atoms with Crippen LogP contribution in [0, 0.1) is 0 Å². The minimum atomic E-state index is -0.0246. The quantitative estimate of drug-likeness (QED) is 0.861. The molecule has 0 aromatic heterocycles. The van der Waals surface area contributed by atoms with Gasteiger partial charge in [-0.25, -0.2) is 0 Å². The van der Waals surface area contributed by atoms with E-state index < -0.39 is 0 Å². The highest BCUT2D eigenvalue weighted by Gasteiger charge is 2.34. The second kappa shape index (κ2) is 7.20. The van der Waals surface area contributed by atoms with Crippen molar-refractivity contribution in [2.45, 2.75) is 24.7 Å². The molecule has 1 fully saturated rings. The summed E-state index contributed by atoms with van der Waals surface area (Å²) in [5, 5.41) is 3.02. The van der Waals surface area contributed by atoms with E-state index in [4.69, 9.17) is 10.5 Å². The second-order valence-electron chi connectivity index (χ2n) is 5.22. The number of carbonyl (C=O) groups excluding carboxylic acids is 1. The zero-order valence-electron chi connectivity index (χ0n) is 11.5. The molecule has 0 spiro atoms. The normalized spacial score (nSPS) is 17.7. The summed E-state index contributed by atoms with van der Waals surface area (Å²) in [6.45, 7) is 2.52. The van der Waals surface area contributed by atoms with Gasteiger partial charge in [-0.2, -0.15) is 0 Å².